The average Bonchev–Trinajstić information content (AvgIpc) is 2.78. The van der Waals surface area contributed by atoms with E-state index in [9.17, 15) is 4.79 Å². The lowest BCUT2D eigenvalue weighted by atomic mass is 10.0. The highest BCUT2D eigenvalue weighted by Crippen LogP contribution is 2.28. The third kappa shape index (κ3) is 2.49. The van der Waals surface area contributed by atoms with E-state index in [1.54, 1.807) is 0 Å². The lowest BCUT2D eigenvalue weighted by molar-refractivity contribution is 0.104. The van der Waals surface area contributed by atoms with Crippen molar-refractivity contribution < 1.29 is 4.79 Å². The van der Waals surface area contributed by atoms with E-state index < -0.39 is 0 Å². The second-order valence-electron chi connectivity index (χ2n) is 5.77. The van der Waals surface area contributed by atoms with E-state index in [1.807, 2.05) is 44.4 Å². The Labute approximate surface area is 125 Å². The lowest BCUT2D eigenvalue weighted by Gasteiger charge is -2.14. The zero-order valence-corrected chi connectivity index (χ0v) is 12.7. The molecule has 0 amide bonds. The molecule has 2 aromatic rings. The van der Waals surface area contributed by atoms with Crippen LogP contribution in [0.4, 0.5) is 5.69 Å². The molecule has 3 rings (SSSR count). The van der Waals surface area contributed by atoms with Gasteiger partial charge in [-0.2, -0.15) is 0 Å². The summed E-state index contributed by atoms with van der Waals surface area (Å²) < 4.78 is 0. The van der Waals surface area contributed by atoms with E-state index in [-0.39, 0.29) is 5.78 Å². The number of carbonyl (C=O) groups is 1. The highest BCUT2D eigenvalue weighted by atomic mass is 16.1. The SMILES string of the molecule is Cc1cc(N(C)C)ccc1C=C1Cc2ccccc2C1=O. The Morgan fingerprint density at radius 3 is 2.52 bits per heavy atom. The van der Waals surface area contributed by atoms with Crippen molar-refractivity contribution in [2.24, 2.45) is 0 Å². The lowest BCUT2D eigenvalue weighted by Crippen LogP contribution is -2.08. The van der Waals surface area contributed by atoms with E-state index in [0.29, 0.717) is 0 Å². The highest BCUT2D eigenvalue weighted by molar-refractivity contribution is 6.15. The minimum Gasteiger partial charge on any atom is -0.378 e. The number of nitrogens with zero attached hydrogens (tertiary/aromatic N) is 1. The Balaban J connectivity index is 1.96. The number of hydrogen-bond donors (Lipinski definition) is 0. The first kappa shape index (κ1) is 13.6. The summed E-state index contributed by atoms with van der Waals surface area (Å²) in [6, 6.07) is 14.2. The molecule has 2 aromatic carbocycles. The Morgan fingerprint density at radius 1 is 1.10 bits per heavy atom. The van der Waals surface area contributed by atoms with Crippen molar-refractivity contribution in [1.82, 2.24) is 0 Å². The zero-order valence-electron chi connectivity index (χ0n) is 12.7. The summed E-state index contributed by atoms with van der Waals surface area (Å²) in [5.41, 5.74) is 6.37. The van der Waals surface area contributed by atoms with Gasteiger partial charge in [-0.25, -0.2) is 0 Å². The number of fused-ring (bicyclic) bond motifs is 1. The second-order valence-corrected chi connectivity index (χ2v) is 5.77. The smallest absolute Gasteiger partial charge is 0.189 e. The van der Waals surface area contributed by atoms with Crippen LogP contribution in [0.15, 0.2) is 48.0 Å². The molecule has 0 fully saturated rings. The molecule has 21 heavy (non-hydrogen) atoms. The molecule has 1 aliphatic carbocycles. The quantitative estimate of drug-likeness (QED) is 0.776. The summed E-state index contributed by atoms with van der Waals surface area (Å²) in [4.78, 5) is 14.5. The molecule has 0 N–H and O–H groups in total. The Hall–Kier alpha value is -2.35. The molecule has 1 aliphatic rings. The number of rotatable bonds is 2. The number of hydrogen-bond acceptors (Lipinski definition) is 2. The number of ketones is 1. The van der Waals surface area contributed by atoms with Crippen molar-refractivity contribution >= 4 is 17.5 Å². The number of allylic oxidation sites excluding steroid dienone is 1. The van der Waals surface area contributed by atoms with Gasteiger partial charge < -0.3 is 4.90 Å². The third-order valence-electron chi connectivity index (χ3n) is 4.03. The van der Waals surface area contributed by atoms with Gasteiger partial charge in [0.1, 0.15) is 0 Å². The number of Topliss-reactive ketones (excluding diaryl/α,β-unsaturated/α-hetero) is 1. The fourth-order valence-electron chi connectivity index (χ4n) is 2.76. The van der Waals surface area contributed by atoms with Gasteiger partial charge >= 0.3 is 0 Å². The minimum atomic E-state index is 0.168. The van der Waals surface area contributed by atoms with E-state index in [2.05, 4.69) is 30.0 Å². The molecule has 0 saturated heterocycles. The van der Waals surface area contributed by atoms with Gasteiger partial charge in [0.25, 0.3) is 0 Å². The van der Waals surface area contributed by atoms with E-state index >= 15 is 0 Å². The Kier molecular flexibility index (Phi) is 3.38. The first-order valence-corrected chi connectivity index (χ1v) is 7.17. The Bertz CT molecular complexity index is 741. The largest absolute Gasteiger partial charge is 0.378 e. The topological polar surface area (TPSA) is 20.3 Å². The summed E-state index contributed by atoms with van der Waals surface area (Å²) >= 11 is 0. The van der Waals surface area contributed by atoms with Gasteiger partial charge in [-0.3, -0.25) is 4.79 Å². The average molecular weight is 277 g/mol. The summed E-state index contributed by atoms with van der Waals surface area (Å²) in [7, 11) is 4.06. The molecule has 0 radical (unpaired) electrons. The molecule has 0 aromatic heterocycles. The van der Waals surface area contributed by atoms with Crippen LogP contribution in [0.2, 0.25) is 0 Å². The monoisotopic (exact) mass is 277 g/mol. The molecule has 2 nitrogen and oxygen atoms in total. The third-order valence-corrected chi connectivity index (χ3v) is 4.03. The summed E-state index contributed by atoms with van der Waals surface area (Å²) in [6.45, 7) is 2.09. The number of carbonyl (C=O) groups excluding carboxylic acids is 1. The van der Waals surface area contributed by atoms with E-state index in [1.165, 1.54) is 11.3 Å². The molecular weight excluding hydrogens is 258 g/mol. The van der Waals surface area contributed by atoms with Gasteiger partial charge in [-0.1, -0.05) is 30.3 Å². The van der Waals surface area contributed by atoms with Gasteiger partial charge in [0.15, 0.2) is 5.78 Å². The minimum absolute atomic E-state index is 0.168. The summed E-state index contributed by atoms with van der Waals surface area (Å²) in [6.07, 6.45) is 2.78. The van der Waals surface area contributed by atoms with Crippen molar-refractivity contribution in [2.45, 2.75) is 13.3 Å². The van der Waals surface area contributed by atoms with Gasteiger partial charge in [0.2, 0.25) is 0 Å². The van der Waals surface area contributed by atoms with Crippen molar-refractivity contribution in [2.75, 3.05) is 19.0 Å². The van der Waals surface area contributed by atoms with Crippen LogP contribution >= 0.6 is 0 Å². The van der Waals surface area contributed by atoms with E-state index in [4.69, 9.17) is 0 Å². The molecule has 106 valence electrons. The molecule has 0 bridgehead atoms. The molecule has 0 atom stereocenters. The van der Waals surface area contributed by atoms with Crippen LogP contribution in [0.1, 0.15) is 27.0 Å². The normalized spacial score (nSPS) is 15.4. The molecule has 0 saturated carbocycles. The van der Waals surface area contributed by atoms with Gasteiger partial charge in [-0.15, -0.1) is 0 Å². The van der Waals surface area contributed by atoms with Crippen LogP contribution in [0, 0.1) is 6.92 Å². The molecule has 0 spiro atoms. The standard InChI is InChI=1S/C19H19NO/c1-13-10-17(20(2)3)9-8-14(13)11-16-12-15-6-4-5-7-18(15)19(16)21/h4-11H,12H2,1-3H3. The summed E-state index contributed by atoms with van der Waals surface area (Å²) in [5.74, 6) is 0.168. The molecular formula is C19H19NO. The van der Waals surface area contributed by atoms with Crippen molar-refractivity contribution in [3.8, 4) is 0 Å². The fourth-order valence-corrected chi connectivity index (χ4v) is 2.76. The highest BCUT2D eigenvalue weighted by Gasteiger charge is 2.23. The van der Waals surface area contributed by atoms with Crippen LogP contribution in [0.3, 0.4) is 0 Å². The number of aryl methyl sites for hydroxylation is 1. The van der Waals surface area contributed by atoms with Crippen LogP contribution < -0.4 is 4.90 Å². The predicted octanol–water partition coefficient (Wildman–Crippen LogP) is 3.88. The maximum Gasteiger partial charge on any atom is 0.189 e. The van der Waals surface area contributed by atoms with Crippen molar-refractivity contribution in [1.29, 1.82) is 0 Å². The second kappa shape index (κ2) is 5.21. The van der Waals surface area contributed by atoms with E-state index in [0.717, 1.165) is 28.7 Å². The van der Waals surface area contributed by atoms with Crippen molar-refractivity contribution in [3.63, 3.8) is 0 Å². The predicted molar refractivity (Wildman–Crippen MR) is 88.0 cm³/mol. The number of anilines is 1. The Morgan fingerprint density at radius 2 is 1.86 bits per heavy atom. The fraction of sp³-hybridized carbons (Fsp3) is 0.211. The zero-order chi connectivity index (χ0) is 15.0. The maximum absolute atomic E-state index is 12.4. The van der Waals surface area contributed by atoms with Gasteiger partial charge in [-0.05, 0) is 41.8 Å². The van der Waals surface area contributed by atoms with Gasteiger partial charge in [0, 0.05) is 37.3 Å². The van der Waals surface area contributed by atoms with Gasteiger partial charge in [0.05, 0.1) is 0 Å². The molecule has 0 heterocycles. The molecule has 2 heteroatoms. The van der Waals surface area contributed by atoms with Crippen LogP contribution in [-0.4, -0.2) is 19.9 Å². The molecule has 0 unspecified atom stereocenters. The van der Waals surface area contributed by atoms with Crippen LogP contribution in [0.25, 0.3) is 6.08 Å². The van der Waals surface area contributed by atoms with Crippen LogP contribution in [-0.2, 0) is 6.42 Å². The summed E-state index contributed by atoms with van der Waals surface area (Å²) in [5, 5.41) is 0. The number of benzene rings is 2. The first-order chi connectivity index (χ1) is 10.1. The first-order valence-electron chi connectivity index (χ1n) is 7.17. The van der Waals surface area contributed by atoms with Crippen molar-refractivity contribution in [3.05, 3.63) is 70.3 Å². The maximum atomic E-state index is 12.4. The molecule has 0 aliphatic heterocycles. The van der Waals surface area contributed by atoms with Crippen LogP contribution in [0.5, 0.6) is 0 Å².